The molecule has 6 nitrogen and oxygen atoms in total. The van der Waals surface area contributed by atoms with Crippen molar-refractivity contribution in [1.29, 1.82) is 5.41 Å². The maximum Gasteiger partial charge on any atom is 0.268 e. The number of nitrogens with zero attached hydrogens (tertiary/aromatic N) is 2. The molecule has 4 aromatic rings. The van der Waals surface area contributed by atoms with E-state index in [0.29, 0.717) is 24.3 Å². The predicted octanol–water partition coefficient (Wildman–Crippen LogP) is 2.73. The number of nitrogens with one attached hydrogen (secondary N) is 2. The van der Waals surface area contributed by atoms with Crippen molar-refractivity contribution in [3.63, 3.8) is 0 Å². The van der Waals surface area contributed by atoms with Gasteiger partial charge in [-0.25, -0.2) is 4.57 Å². The third kappa shape index (κ3) is 4.68. The molecule has 0 bridgehead atoms. The van der Waals surface area contributed by atoms with Crippen LogP contribution in [0.5, 0.6) is 0 Å². The van der Waals surface area contributed by atoms with Gasteiger partial charge in [0.25, 0.3) is 5.91 Å². The summed E-state index contributed by atoms with van der Waals surface area (Å²) >= 11 is 0. The monoisotopic (exact) mass is 422 g/mol. The van der Waals surface area contributed by atoms with Crippen molar-refractivity contribution in [2.45, 2.75) is 13.1 Å². The number of aromatic nitrogens is 2. The van der Waals surface area contributed by atoms with Gasteiger partial charge in [0, 0.05) is 40.7 Å². The lowest BCUT2D eigenvalue weighted by molar-refractivity contribution is -0.671. The maximum atomic E-state index is 13.0. The number of fused-ring (bicyclic) bond motifs is 1. The minimum atomic E-state index is -0.137. The van der Waals surface area contributed by atoms with E-state index in [1.54, 1.807) is 12.1 Å². The molecule has 0 aliphatic heterocycles. The summed E-state index contributed by atoms with van der Waals surface area (Å²) in [5, 5.41) is 11.5. The number of rotatable bonds is 5. The Morgan fingerprint density at radius 2 is 1.81 bits per heavy atom. The molecular formula is C26H24N5O+. The molecule has 0 saturated carbocycles. The van der Waals surface area contributed by atoms with Crippen molar-refractivity contribution in [2.24, 2.45) is 12.8 Å². The lowest BCUT2D eigenvalue weighted by atomic mass is 10.1. The van der Waals surface area contributed by atoms with E-state index >= 15 is 0 Å². The third-order valence-electron chi connectivity index (χ3n) is 5.21. The Morgan fingerprint density at radius 1 is 1.09 bits per heavy atom. The number of carbonyl (C=O) groups excluding carboxylic acids is 1. The van der Waals surface area contributed by atoms with Crippen molar-refractivity contribution in [2.75, 3.05) is 0 Å². The summed E-state index contributed by atoms with van der Waals surface area (Å²) in [6.45, 7) is 0.835. The molecule has 0 aliphatic carbocycles. The number of amidine groups is 1. The van der Waals surface area contributed by atoms with Crippen LogP contribution in [0.2, 0.25) is 0 Å². The van der Waals surface area contributed by atoms with Gasteiger partial charge in [-0.2, -0.15) is 0 Å². The van der Waals surface area contributed by atoms with Crippen molar-refractivity contribution < 1.29 is 9.36 Å². The summed E-state index contributed by atoms with van der Waals surface area (Å²) in [7, 11) is 1.96. The van der Waals surface area contributed by atoms with Gasteiger partial charge in [0.05, 0.1) is 6.54 Å². The molecule has 0 unspecified atom stereocenters. The van der Waals surface area contributed by atoms with Crippen LogP contribution < -0.4 is 15.6 Å². The summed E-state index contributed by atoms with van der Waals surface area (Å²) in [4.78, 5) is 13.0. The Balaban J connectivity index is 1.55. The molecule has 0 atom stereocenters. The smallest absolute Gasteiger partial charge is 0.268 e. The third-order valence-corrected chi connectivity index (χ3v) is 5.21. The Kier molecular flexibility index (Phi) is 6.00. The highest BCUT2D eigenvalue weighted by Gasteiger charge is 2.15. The van der Waals surface area contributed by atoms with Gasteiger partial charge >= 0.3 is 0 Å². The number of pyridine rings is 1. The van der Waals surface area contributed by atoms with Crippen LogP contribution in [0.3, 0.4) is 0 Å². The van der Waals surface area contributed by atoms with Crippen LogP contribution in [0, 0.1) is 17.3 Å². The molecule has 4 rings (SSSR count). The van der Waals surface area contributed by atoms with Gasteiger partial charge in [-0.05, 0) is 29.8 Å². The zero-order valence-corrected chi connectivity index (χ0v) is 17.8. The Bertz CT molecular complexity index is 1340. The van der Waals surface area contributed by atoms with Crippen LogP contribution in [0.25, 0.3) is 10.9 Å². The summed E-state index contributed by atoms with van der Waals surface area (Å²) in [5.41, 5.74) is 9.57. The van der Waals surface area contributed by atoms with Gasteiger partial charge in [0.2, 0.25) is 0 Å². The van der Waals surface area contributed by atoms with Crippen LogP contribution in [0.1, 0.15) is 27.2 Å². The number of benzene rings is 2. The number of hydrogen-bond donors (Lipinski definition) is 3. The van der Waals surface area contributed by atoms with Crippen molar-refractivity contribution in [1.82, 2.24) is 9.88 Å². The number of nitrogens with two attached hydrogens (primary N) is 1. The molecule has 2 aromatic heterocycles. The molecule has 1 amide bonds. The van der Waals surface area contributed by atoms with E-state index < -0.39 is 0 Å². The fraction of sp³-hybridized carbons (Fsp3) is 0.115. The molecule has 0 aliphatic rings. The van der Waals surface area contributed by atoms with E-state index in [-0.39, 0.29) is 11.7 Å². The van der Waals surface area contributed by atoms with Gasteiger partial charge < -0.3 is 15.6 Å². The van der Waals surface area contributed by atoms with Crippen molar-refractivity contribution in [3.8, 4) is 11.8 Å². The molecule has 2 heterocycles. The van der Waals surface area contributed by atoms with Crippen LogP contribution in [0.4, 0.5) is 0 Å². The second kappa shape index (κ2) is 9.19. The first kappa shape index (κ1) is 20.9. The molecule has 32 heavy (non-hydrogen) atoms. The lowest BCUT2D eigenvalue weighted by Crippen LogP contribution is -2.28. The van der Waals surface area contributed by atoms with E-state index in [1.807, 2.05) is 83.2 Å². The zero-order chi connectivity index (χ0) is 22.5. The highest BCUT2D eigenvalue weighted by atomic mass is 16.1. The SMILES string of the molecule is C[n+]1ccc(CNC(=O)c2cc3ccccc3n2CC#Cc2ccc(C(=N)N)cc2)cc1. The largest absolute Gasteiger partial charge is 0.384 e. The predicted molar refractivity (Wildman–Crippen MR) is 125 cm³/mol. The average molecular weight is 423 g/mol. The van der Waals surface area contributed by atoms with Gasteiger partial charge in [-0.3, -0.25) is 10.2 Å². The normalized spacial score (nSPS) is 10.4. The number of nitrogen functional groups attached to an aromatic ring is 1. The first-order chi connectivity index (χ1) is 15.5. The minimum absolute atomic E-state index is 0.0309. The molecule has 0 radical (unpaired) electrons. The minimum Gasteiger partial charge on any atom is -0.384 e. The quantitative estimate of drug-likeness (QED) is 0.200. The fourth-order valence-corrected chi connectivity index (χ4v) is 3.45. The van der Waals surface area contributed by atoms with E-state index in [2.05, 4.69) is 17.2 Å². The fourth-order valence-electron chi connectivity index (χ4n) is 3.45. The van der Waals surface area contributed by atoms with Crippen LogP contribution in [-0.2, 0) is 20.1 Å². The molecule has 6 heteroatoms. The summed E-state index contributed by atoms with van der Waals surface area (Å²) in [5.74, 6) is 6.19. The van der Waals surface area contributed by atoms with E-state index in [0.717, 1.165) is 22.0 Å². The summed E-state index contributed by atoms with van der Waals surface area (Å²) in [6.07, 6.45) is 3.91. The Hall–Kier alpha value is -4.37. The van der Waals surface area contributed by atoms with Gasteiger partial charge in [0.15, 0.2) is 12.4 Å². The second-order valence-electron chi connectivity index (χ2n) is 7.52. The number of aryl methyl sites for hydroxylation is 1. The van der Waals surface area contributed by atoms with Crippen molar-refractivity contribution in [3.05, 3.63) is 102 Å². The molecule has 158 valence electrons. The molecule has 2 aromatic carbocycles. The maximum absolute atomic E-state index is 13.0. The van der Waals surface area contributed by atoms with Gasteiger partial charge in [-0.1, -0.05) is 42.2 Å². The van der Waals surface area contributed by atoms with Gasteiger partial charge in [-0.15, -0.1) is 0 Å². The Labute approximate surface area is 186 Å². The zero-order valence-electron chi connectivity index (χ0n) is 17.8. The van der Waals surface area contributed by atoms with E-state index in [4.69, 9.17) is 11.1 Å². The molecule has 0 spiro atoms. The van der Waals surface area contributed by atoms with Crippen LogP contribution >= 0.6 is 0 Å². The topological polar surface area (TPSA) is 87.8 Å². The van der Waals surface area contributed by atoms with Crippen molar-refractivity contribution >= 4 is 22.6 Å². The standard InChI is InChI=1S/C26H23N5O/c1-30-15-12-20(13-16-30)18-29-26(32)24-17-22-6-2-3-7-23(22)31(24)14-4-5-19-8-10-21(11-9-19)25(27)28/h2-3,6-13,15-17H,14,18H2,1H3,(H3-,27,28,29,32)/p+1. The molecular weight excluding hydrogens is 398 g/mol. The average Bonchev–Trinajstić information content (AvgIpc) is 3.17. The van der Waals surface area contributed by atoms with Crippen LogP contribution in [0.15, 0.2) is 79.1 Å². The number of amides is 1. The first-order valence-corrected chi connectivity index (χ1v) is 10.3. The lowest BCUT2D eigenvalue weighted by Gasteiger charge is -2.08. The number of para-hydroxylation sites is 1. The highest BCUT2D eigenvalue weighted by molar-refractivity contribution is 5.98. The first-order valence-electron chi connectivity index (χ1n) is 10.3. The molecule has 4 N–H and O–H groups in total. The Morgan fingerprint density at radius 3 is 2.53 bits per heavy atom. The van der Waals surface area contributed by atoms with Crippen LogP contribution in [-0.4, -0.2) is 16.3 Å². The van der Waals surface area contributed by atoms with E-state index in [1.165, 1.54) is 0 Å². The molecule has 0 fully saturated rings. The van der Waals surface area contributed by atoms with Gasteiger partial charge in [0.1, 0.15) is 18.6 Å². The summed E-state index contributed by atoms with van der Waals surface area (Å²) in [6, 6.07) is 21.0. The number of hydrogen-bond acceptors (Lipinski definition) is 2. The number of carbonyl (C=O) groups is 1. The summed E-state index contributed by atoms with van der Waals surface area (Å²) < 4.78 is 3.89. The second-order valence-corrected chi connectivity index (χ2v) is 7.52. The van der Waals surface area contributed by atoms with E-state index in [9.17, 15) is 4.79 Å². The highest BCUT2D eigenvalue weighted by Crippen LogP contribution is 2.20. The molecule has 0 saturated heterocycles.